The summed E-state index contributed by atoms with van der Waals surface area (Å²) in [6.45, 7) is 0.876. The first-order valence-electron chi connectivity index (χ1n) is 12.8. The van der Waals surface area contributed by atoms with Crippen LogP contribution in [0.1, 0.15) is 27.4 Å². The van der Waals surface area contributed by atoms with Crippen molar-refractivity contribution in [2.24, 2.45) is 0 Å². The van der Waals surface area contributed by atoms with Gasteiger partial charge in [-0.1, -0.05) is 41.6 Å². The number of rotatable bonds is 12. The average Bonchev–Trinajstić information content (AvgIpc) is 3.67. The summed E-state index contributed by atoms with van der Waals surface area (Å²) in [5.74, 6) is 2.46. The van der Waals surface area contributed by atoms with Gasteiger partial charge in [-0.3, -0.25) is 9.59 Å². The molecule has 3 aromatic carbocycles. The highest BCUT2D eigenvalue weighted by Gasteiger charge is 2.20. The van der Waals surface area contributed by atoms with Crippen LogP contribution >= 0.6 is 0 Å². The molecule has 2 amide bonds. The molecule has 5 rings (SSSR count). The Bertz CT molecular complexity index is 1440. The standard InChI is InChI=1S/C30H29N3O7/c1-36-23-10-7-21(8-11-23)13-14-33(29(34)19-37-24-5-3-2-4-6-24)18-25-16-26(32-40-25)30(35)31-17-22-9-12-27-28(15-22)39-20-38-27/h2-12,15-16H,13-14,17-20H2,1H3,(H,31,35). The van der Waals surface area contributed by atoms with E-state index in [4.69, 9.17) is 23.5 Å². The number of ether oxygens (including phenoxy) is 4. The van der Waals surface area contributed by atoms with Gasteiger partial charge in [0, 0.05) is 19.2 Å². The summed E-state index contributed by atoms with van der Waals surface area (Å²) < 4.78 is 27.0. The lowest BCUT2D eigenvalue weighted by molar-refractivity contribution is -0.134. The molecular weight excluding hydrogens is 514 g/mol. The van der Waals surface area contributed by atoms with E-state index in [0.29, 0.717) is 36.0 Å². The average molecular weight is 544 g/mol. The molecule has 4 aromatic rings. The number of carbonyl (C=O) groups excluding carboxylic acids is 2. The second-order valence-corrected chi connectivity index (χ2v) is 9.06. The van der Waals surface area contributed by atoms with Crippen molar-refractivity contribution in [3.05, 3.63) is 101 Å². The number of para-hydroxylation sites is 1. The molecule has 2 heterocycles. The Morgan fingerprint density at radius 2 is 1.70 bits per heavy atom. The number of carbonyl (C=O) groups is 2. The Kier molecular flexibility index (Phi) is 8.45. The van der Waals surface area contributed by atoms with E-state index in [1.807, 2.05) is 54.6 Å². The quantitative estimate of drug-likeness (QED) is 0.286. The number of aromatic nitrogens is 1. The van der Waals surface area contributed by atoms with Crippen LogP contribution in [-0.4, -0.2) is 48.9 Å². The second kappa shape index (κ2) is 12.7. The molecular formula is C30H29N3O7. The molecule has 0 bridgehead atoms. The highest BCUT2D eigenvalue weighted by atomic mass is 16.7. The van der Waals surface area contributed by atoms with E-state index < -0.39 is 5.91 Å². The number of hydrogen-bond acceptors (Lipinski definition) is 8. The third kappa shape index (κ3) is 6.90. The van der Waals surface area contributed by atoms with E-state index in [0.717, 1.165) is 16.9 Å². The lowest BCUT2D eigenvalue weighted by atomic mass is 10.1. The Balaban J connectivity index is 1.21. The first-order chi connectivity index (χ1) is 19.6. The molecule has 40 heavy (non-hydrogen) atoms. The minimum absolute atomic E-state index is 0.124. The number of nitrogens with one attached hydrogen (secondary N) is 1. The first kappa shape index (κ1) is 26.6. The fourth-order valence-corrected chi connectivity index (χ4v) is 4.11. The van der Waals surface area contributed by atoms with Crippen LogP contribution in [0, 0.1) is 0 Å². The fraction of sp³-hybridized carbons (Fsp3) is 0.233. The van der Waals surface area contributed by atoms with Crippen molar-refractivity contribution in [1.29, 1.82) is 0 Å². The molecule has 0 saturated heterocycles. The molecule has 1 aromatic heterocycles. The maximum atomic E-state index is 13.1. The number of nitrogens with zero attached hydrogens (tertiary/aromatic N) is 2. The molecule has 0 radical (unpaired) electrons. The first-order valence-corrected chi connectivity index (χ1v) is 12.8. The van der Waals surface area contributed by atoms with Gasteiger partial charge >= 0.3 is 0 Å². The van der Waals surface area contributed by atoms with E-state index in [9.17, 15) is 9.59 Å². The summed E-state index contributed by atoms with van der Waals surface area (Å²) in [5, 5.41) is 6.74. The lowest BCUT2D eigenvalue weighted by Crippen LogP contribution is -2.36. The van der Waals surface area contributed by atoms with Gasteiger partial charge in [0.2, 0.25) is 6.79 Å². The molecule has 0 aliphatic carbocycles. The van der Waals surface area contributed by atoms with Crippen molar-refractivity contribution in [2.75, 3.05) is 27.1 Å². The van der Waals surface area contributed by atoms with E-state index in [-0.39, 0.29) is 38.1 Å². The highest BCUT2D eigenvalue weighted by Crippen LogP contribution is 2.32. The summed E-state index contributed by atoms with van der Waals surface area (Å²) in [6.07, 6.45) is 0.609. The molecule has 206 valence electrons. The van der Waals surface area contributed by atoms with Crippen LogP contribution in [0.4, 0.5) is 0 Å². The lowest BCUT2D eigenvalue weighted by Gasteiger charge is -2.21. The van der Waals surface area contributed by atoms with Crippen LogP contribution in [0.5, 0.6) is 23.0 Å². The molecule has 0 unspecified atom stereocenters. The summed E-state index contributed by atoms with van der Waals surface area (Å²) >= 11 is 0. The maximum Gasteiger partial charge on any atom is 0.273 e. The minimum atomic E-state index is -0.392. The summed E-state index contributed by atoms with van der Waals surface area (Å²) in [6, 6.07) is 23.8. The Morgan fingerprint density at radius 1 is 0.925 bits per heavy atom. The number of amides is 2. The van der Waals surface area contributed by atoms with Gasteiger partial charge in [-0.25, -0.2) is 0 Å². The van der Waals surface area contributed by atoms with Gasteiger partial charge in [-0.05, 0) is 53.9 Å². The third-order valence-electron chi connectivity index (χ3n) is 6.32. The molecule has 1 aliphatic heterocycles. The van der Waals surface area contributed by atoms with E-state index in [1.54, 1.807) is 36.3 Å². The SMILES string of the molecule is COc1ccc(CCN(Cc2cc(C(=O)NCc3ccc4c(c3)OCO4)no2)C(=O)COc2ccccc2)cc1. The largest absolute Gasteiger partial charge is 0.497 e. The maximum absolute atomic E-state index is 13.1. The van der Waals surface area contributed by atoms with Crippen LogP contribution < -0.4 is 24.3 Å². The Hall–Kier alpha value is -4.99. The Labute approximate surface area is 231 Å². The monoisotopic (exact) mass is 543 g/mol. The summed E-state index contributed by atoms with van der Waals surface area (Å²) in [7, 11) is 1.62. The van der Waals surface area contributed by atoms with E-state index in [1.165, 1.54) is 0 Å². The molecule has 10 heteroatoms. The van der Waals surface area contributed by atoms with Crippen LogP contribution in [0.3, 0.4) is 0 Å². The van der Waals surface area contributed by atoms with Crippen molar-refractivity contribution in [3.63, 3.8) is 0 Å². The predicted octanol–water partition coefficient (Wildman–Crippen LogP) is 3.99. The molecule has 10 nitrogen and oxygen atoms in total. The highest BCUT2D eigenvalue weighted by molar-refractivity contribution is 5.92. The van der Waals surface area contributed by atoms with Crippen LogP contribution in [0.15, 0.2) is 83.4 Å². The van der Waals surface area contributed by atoms with Crippen molar-refractivity contribution < 1.29 is 33.1 Å². The molecule has 1 N–H and O–H groups in total. The zero-order valence-corrected chi connectivity index (χ0v) is 22.0. The number of hydrogen-bond donors (Lipinski definition) is 1. The van der Waals surface area contributed by atoms with Crippen molar-refractivity contribution in [2.45, 2.75) is 19.5 Å². The second-order valence-electron chi connectivity index (χ2n) is 9.06. The normalized spacial score (nSPS) is 11.6. The molecule has 0 saturated carbocycles. The van der Waals surface area contributed by atoms with Gasteiger partial charge in [0.05, 0.1) is 13.7 Å². The zero-order valence-electron chi connectivity index (χ0n) is 22.0. The topological polar surface area (TPSA) is 112 Å². The summed E-state index contributed by atoms with van der Waals surface area (Å²) in [5.41, 5.74) is 2.03. The smallest absolute Gasteiger partial charge is 0.273 e. The number of fused-ring (bicyclic) bond motifs is 1. The van der Waals surface area contributed by atoms with Gasteiger partial charge in [-0.2, -0.15) is 0 Å². The van der Waals surface area contributed by atoms with Crippen molar-refractivity contribution in [3.8, 4) is 23.0 Å². The van der Waals surface area contributed by atoms with Gasteiger partial charge in [-0.15, -0.1) is 0 Å². The molecule has 0 atom stereocenters. The van der Waals surface area contributed by atoms with E-state index in [2.05, 4.69) is 10.5 Å². The van der Waals surface area contributed by atoms with Gasteiger partial charge in [0.25, 0.3) is 11.8 Å². The van der Waals surface area contributed by atoms with Crippen molar-refractivity contribution in [1.82, 2.24) is 15.4 Å². The predicted molar refractivity (Wildman–Crippen MR) is 144 cm³/mol. The molecule has 0 fully saturated rings. The van der Waals surface area contributed by atoms with Crippen molar-refractivity contribution >= 4 is 11.8 Å². The van der Waals surface area contributed by atoms with Gasteiger partial charge in [0.15, 0.2) is 29.6 Å². The van der Waals surface area contributed by atoms with Crippen LogP contribution in [0.25, 0.3) is 0 Å². The molecule has 0 spiro atoms. The summed E-state index contributed by atoms with van der Waals surface area (Å²) in [4.78, 5) is 27.5. The Morgan fingerprint density at radius 3 is 2.50 bits per heavy atom. The fourth-order valence-electron chi connectivity index (χ4n) is 4.11. The van der Waals surface area contributed by atoms with E-state index >= 15 is 0 Å². The number of methoxy groups -OCH3 is 1. The molecule has 1 aliphatic rings. The van der Waals surface area contributed by atoms with Gasteiger partial charge in [0.1, 0.15) is 11.5 Å². The van der Waals surface area contributed by atoms with Gasteiger partial charge < -0.3 is 33.7 Å². The number of benzene rings is 3. The van der Waals surface area contributed by atoms with Crippen LogP contribution in [0.2, 0.25) is 0 Å². The minimum Gasteiger partial charge on any atom is -0.497 e. The third-order valence-corrected chi connectivity index (χ3v) is 6.32. The zero-order chi connectivity index (χ0) is 27.7. The van der Waals surface area contributed by atoms with Crippen LogP contribution in [-0.2, 0) is 24.3 Å².